The minimum atomic E-state index is -3.68. The molecule has 3 aromatic rings. The smallest absolute Gasteiger partial charge is 0.253 e. The summed E-state index contributed by atoms with van der Waals surface area (Å²) in [5.41, 5.74) is 3.91. The fourth-order valence-corrected chi connectivity index (χ4v) is 4.09. The number of amides is 1. The second-order valence-electron chi connectivity index (χ2n) is 6.82. The van der Waals surface area contributed by atoms with Gasteiger partial charge in [-0.15, -0.1) is 0 Å². The van der Waals surface area contributed by atoms with E-state index in [1.165, 1.54) is 25.2 Å². The first kappa shape index (κ1) is 22.0. The molecular formula is C21H23ClN4O3S. The van der Waals surface area contributed by atoms with Crippen LogP contribution in [0.3, 0.4) is 0 Å². The zero-order valence-electron chi connectivity index (χ0n) is 16.9. The number of carbonyl (C=O) groups is 1. The average Bonchev–Trinajstić information content (AvgIpc) is 2.99. The maximum absolute atomic E-state index is 12.7. The topological polar surface area (TPSA) is 93.1 Å². The molecule has 158 valence electrons. The first-order valence-electron chi connectivity index (χ1n) is 9.31. The minimum Gasteiger partial charge on any atom is -0.348 e. The second kappa shape index (κ2) is 8.99. The summed E-state index contributed by atoms with van der Waals surface area (Å²) in [6.07, 6.45) is 0. The van der Waals surface area contributed by atoms with Gasteiger partial charge in [0.2, 0.25) is 10.0 Å². The number of nitrogens with zero attached hydrogens (tertiary/aromatic N) is 2. The predicted octanol–water partition coefficient (Wildman–Crippen LogP) is 3.04. The summed E-state index contributed by atoms with van der Waals surface area (Å²) in [4.78, 5) is 12.7. The number of hydrogen-bond donors (Lipinski definition) is 2. The highest BCUT2D eigenvalue weighted by Crippen LogP contribution is 2.21. The average molecular weight is 447 g/mol. The number of nitrogens with one attached hydrogen (secondary N) is 2. The van der Waals surface area contributed by atoms with E-state index in [1.54, 1.807) is 0 Å². The van der Waals surface area contributed by atoms with Crippen molar-refractivity contribution < 1.29 is 13.2 Å². The second-order valence-corrected chi connectivity index (χ2v) is 9.12. The molecular weight excluding hydrogens is 424 g/mol. The van der Waals surface area contributed by atoms with Crippen LogP contribution in [0.2, 0.25) is 5.02 Å². The Morgan fingerprint density at radius 3 is 2.50 bits per heavy atom. The quantitative estimate of drug-likeness (QED) is 0.583. The van der Waals surface area contributed by atoms with Gasteiger partial charge >= 0.3 is 0 Å². The highest BCUT2D eigenvalue weighted by Gasteiger charge is 2.19. The van der Waals surface area contributed by atoms with Gasteiger partial charge in [-0.05, 0) is 44.7 Å². The van der Waals surface area contributed by atoms with Crippen molar-refractivity contribution in [2.24, 2.45) is 0 Å². The Bertz CT molecular complexity index is 1170. The Morgan fingerprint density at radius 2 is 1.83 bits per heavy atom. The molecule has 0 radical (unpaired) electrons. The van der Waals surface area contributed by atoms with Gasteiger partial charge < -0.3 is 5.32 Å². The molecule has 3 rings (SSSR count). The van der Waals surface area contributed by atoms with Gasteiger partial charge in [-0.25, -0.2) is 13.1 Å². The Balaban J connectivity index is 1.78. The molecule has 0 aliphatic rings. The summed E-state index contributed by atoms with van der Waals surface area (Å²) in [6.45, 7) is 4.74. The van der Waals surface area contributed by atoms with Crippen LogP contribution in [-0.4, -0.2) is 31.2 Å². The largest absolute Gasteiger partial charge is 0.348 e. The van der Waals surface area contributed by atoms with Gasteiger partial charge in [0.15, 0.2) is 0 Å². The first-order chi connectivity index (χ1) is 14.2. The zero-order chi connectivity index (χ0) is 21.9. The van der Waals surface area contributed by atoms with Crippen molar-refractivity contribution >= 4 is 27.5 Å². The van der Waals surface area contributed by atoms with E-state index in [-0.39, 0.29) is 22.0 Å². The maximum atomic E-state index is 12.7. The summed E-state index contributed by atoms with van der Waals surface area (Å²) >= 11 is 6.13. The maximum Gasteiger partial charge on any atom is 0.253 e. The molecule has 9 heteroatoms. The normalized spacial score (nSPS) is 11.5. The van der Waals surface area contributed by atoms with Crippen LogP contribution in [0.4, 0.5) is 0 Å². The molecule has 0 aliphatic carbocycles. The highest BCUT2D eigenvalue weighted by atomic mass is 35.5. The van der Waals surface area contributed by atoms with E-state index >= 15 is 0 Å². The number of benzene rings is 2. The molecule has 1 heterocycles. The molecule has 0 unspecified atom stereocenters. The molecule has 2 aromatic carbocycles. The van der Waals surface area contributed by atoms with Gasteiger partial charge in [0, 0.05) is 17.8 Å². The number of aromatic nitrogens is 2. The Kier molecular flexibility index (Phi) is 6.60. The predicted molar refractivity (Wildman–Crippen MR) is 116 cm³/mol. The van der Waals surface area contributed by atoms with Crippen LogP contribution in [0, 0.1) is 13.8 Å². The molecule has 0 spiro atoms. The van der Waals surface area contributed by atoms with Crippen molar-refractivity contribution in [2.45, 2.75) is 31.8 Å². The van der Waals surface area contributed by atoms with Crippen molar-refractivity contribution in [1.29, 1.82) is 0 Å². The Hall–Kier alpha value is -2.68. The van der Waals surface area contributed by atoms with Gasteiger partial charge in [0.05, 0.1) is 27.7 Å². The first-order valence-corrected chi connectivity index (χ1v) is 11.2. The molecule has 0 aliphatic heterocycles. The van der Waals surface area contributed by atoms with Crippen molar-refractivity contribution in [3.63, 3.8) is 0 Å². The van der Waals surface area contributed by atoms with E-state index in [4.69, 9.17) is 11.6 Å². The Morgan fingerprint density at radius 1 is 1.13 bits per heavy atom. The van der Waals surface area contributed by atoms with E-state index in [2.05, 4.69) is 15.1 Å². The molecule has 1 amide bonds. The summed E-state index contributed by atoms with van der Waals surface area (Å²) < 4.78 is 28.2. The van der Waals surface area contributed by atoms with Crippen LogP contribution in [0.1, 0.15) is 32.9 Å². The van der Waals surface area contributed by atoms with E-state index in [1.807, 2.05) is 48.9 Å². The lowest BCUT2D eigenvalue weighted by Crippen LogP contribution is -2.25. The third kappa shape index (κ3) is 4.72. The lowest BCUT2D eigenvalue weighted by molar-refractivity contribution is 0.0950. The number of halogens is 1. The minimum absolute atomic E-state index is 0.0254. The lowest BCUT2D eigenvalue weighted by atomic mass is 10.1. The van der Waals surface area contributed by atoms with Crippen molar-refractivity contribution in [3.05, 3.63) is 81.6 Å². The molecule has 1 aromatic heterocycles. The van der Waals surface area contributed by atoms with Gasteiger partial charge in [-0.1, -0.05) is 41.9 Å². The molecule has 2 N–H and O–H groups in total. The lowest BCUT2D eigenvalue weighted by Gasteiger charge is -2.10. The van der Waals surface area contributed by atoms with E-state index in [0.717, 1.165) is 22.5 Å². The number of carbonyl (C=O) groups excluding carboxylic acids is 1. The van der Waals surface area contributed by atoms with Crippen LogP contribution >= 0.6 is 11.6 Å². The van der Waals surface area contributed by atoms with E-state index in [0.29, 0.717) is 6.54 Å². The third-order valence-corrected chi connectivity index (χ3v) is 6.64. The molecule has 0 bridgehead atoms. The molecule has 0 atom stereocenters. The SMILES string of the molecule is CNS(=O)(=O)c1ccc(Cl)c(C(=O)NCc2c(C)nn(Cc3ccccc3)c2C)c1. The summed E-state index contributed by atoms with van der Waals surface area (Å²) in [7, 11) is -2.37. The van der Waals surface area contributed by atoms with Crippen LogP contribution in [-0.2, 0) is 23.1 Å². The highest BCUT2D eigenvalue weighted by molar-refractivity contribution is 7.89. The van der Waals surface area contributed by atoms with E-state index in [9.17, 15) is 13.2 Å². The monoisotopic (exact) mass is 446 g/mol. The summed E-state index contributed by atoms with van der Waals surface area (Å²) in [5, 5.41) is 7.58. The fraction of sp³-hybridized carbons (Fsp3) is 0.238. The summed E-state index contributed by atoms with van der Waals surface area (Å²) in [6, 6.07) is 14.0. The summed E-state index contributed by atoms with van der Waals surface area (Å²) in [5.74, 6) is -0.456. The van der Waals surface area contributed by atoms with E-state index < -0.39 is 15.9 Å². The number of sulfonamides is 1. The van der Waals surface area contributed by atoms with Crippen LogP contribution in [0.5, 0.6) is 0 Å². The van der Waals surface area contributed by atoms with Gasteiger partial charge in [0.1, 0.15) is 0 Å². The number of hydrogen-bond acceptors (Lipinski definition) is 4. The zero-order valence-corrected chi connectivity index (χ0v) is 18.5. The van der Waals surface area contributed by atoms with Crippen LogP contribution in [0.25, 0.3) is 0 Å². The number of rotatable bonds is 7. The molecule has 30 heavy (non-hydrogen) atoms. The standard InChI is InChI=1S/C21H23ClN4O3S/c1-14-19(15(2)26(25-14)13-16-7-5-4-6-8-16)12-24-21(27)18-11-17(9-10-20(18)22)30(28,29)23-3/h4-11,23H,12-13H2,1-3H3,(H,24,27). The van der Waals surface area contributed by atoms with Gasteiger partial charge in [-0.3, -0.25) is 9.48 Å². The van der Waals surface area contributed by atoms with Gasteiger partial charge in [0.25, 0.3) is 5.91 Å². The number of aryl methyl sites for hydroxylation is 1. The van der Waals surface area contributed by atoms with Crippen molar-refractivity contribution in [1.82, 2.24) is 19.8 Å². The van der Waals surface area contributed by atoms with Crippen LogP contribution in [0.15, 0.2) is 53.4 Å². The van der Waals surface area contributed by atoms with Crippen LogP contribution < -0.4 is 10.0 Å². The molecule has 7 nitrogen and oxygen atoms in total. The third-order valence-electron chi connectivity index (χ3n) is 4.89. The van der Waals surface area contributed by atoms with Crippen molar-refractivity contribution in [3.8, 4) is 0 Å². The Labute approximate surface area is 181 Å². The fourth-order valence-electron chi connectivity index (χ4n) is 3.13. The van der Waals surface area contributed by atoms with Gasteiger partial charge in [-0.2, -0.15) is 5.10 Å². The molecule has 0 saturated heterocycles. The molecule has 0 fully saturated rings. The van der Waals surface area contributed by atoms with Crippen molar-refractivity contribution in [2.75, 3.05) is 7.05 Å². The molecule has 0 saturated carbocycles.